The minimum absolute atomic E-state index is 0.0727. The topological polar surface area (TPSA) is 89.3 Å². The van der Waals surface area contributed by atoms with E-state index < -0.39 is 10.0 Å². The largest absolute Gasteiger partial charge is 0.325 e. The molecule has 0 aromatic heterocycles. The average molecular weight is 331 g/mol. The van der Waals surface area contributed by atoms with Crippen LogP contribution in [0.15, 0.2) is 23.1 Å². The fourth-order valence-corrected chi connectivity index (χ4v) is 3.45. The molecule has 0 unspecified atom stereocenters. The maximum Gasteiger partial charge on any atom is 0.238 e. The van der Waals surface area contributed by atoms with Crippen LogP contribution in [0, 0.1) is 5.92 Å². The standard InChI is InChI=1S/C14H19ClN2O3S/c15-12-9-11(21(16,19)20)6-7-13(12)17-14(18)8-5-10-3-1-2-4-10/h6-7,9-10H,1-5,8H2,(H,17,18)(H2,16,19,20). The van der Waals surface area contributed by atoms with E-state index in [1.54, 1.807) is 0 Å². The van der Waals surface area contributed by atoms with Gasteiger partial charge in [0.05, 0.1) is 15.6 Å². The summed E-state index contributed by atoms with van der Waals surface area (Å²) in [5.74, 6) is 0.545. The molecule has 0 heterocycles. The first kappa shape index (κ1) is 16.3. The van der Waals surface area contributed by atoms with Crippen molar-refractivity contribution in [1.29, 1.82) is 0 Å². The van der Waals surface area contributed by atoms with Crippen LogP contribution in [-0.2, 0) is 14.8 Å². The number of carbonyl (C=O) groups is 1. The first-order chi connectivity index (χ1) is 9.86. The molecule has 116 valence electrons. The van der Waals surface area contributed by atoms with E-state index in [1.165, 1.54) is 43.9 Å². The van der Waals surface area contributed by atoms with Crippen LogP contribution >= 0.6 is 11.6 Å². The van der Waals surface area contributed by atoms with Crippen molar-refractivity contribution in [3.63, 3.8) is 0 Å². The summed E-state index contributed by atoms with van der Waals surface area (Å²) in [6.07, 6.45) is 6.27. The Morgan fingerprint density at radius 3 is 2.57 bits per heavy atom. The molecule has 3 N–H and O–H groups in total. The summed E-state index contributed by atoms with van der Waals surface area (Å²) in [5.41, 5.74) is 0.403. The van der Waals surface area contributed by atoms with Gasteiger partial charge in [-0.3, -0.25) is 4.79 Å². The second-order valence-corrected chi connectivity index (χ2v) is 7.39. The second kappa shape index (κ2) is 6.77. The second-order valence-electron chi connectivity index (χ2n) is 5.42. The average Bonchev–Trinajstić information content (AvgIpc) is 2.91. The maximum absolute atomic E-state index is 11.9. The third-order valence-corrected chi connectivity index (χ3v) is 5.02. The number of hydrogen-bond acceptors (Lipinski definition) is 3. The van der Waals surface area contributed by atoms with Crippen LogP contribution in [0.2, 0.25) is 5.02 Å². The molecule has 1 saturated carbocycles. The van der Waals surface area contributed by atoms with Crippen LogP contribution in [0.3, 0.4) is 0 Å². The number of rotatable bonds is 5. The molecule has 0 saturated heterocycles. The molecule has 5 nitrogen and oxygen atoms in total. The first-order valence-corrected chi connectivity index (χ1v) is 8.91. The van der Waals surface area contributed by atoms with E-state index in [1.807, 2.05) is 0 Å². The molecular formula is C14H19ClN2O3S. The van der Waals surface area contributed by atoms with Gasteiger partial charge in [-0.2, -0.15) is 0 Å². The van der Waals surface area contributed by atoms with Gasteiger partial charge in [-0.05, 0) is 30.5 Å². The number of primary sulfonamides is 1. The monoisotopic (exact) mass is 330 g/mol. The summed E-state index contributed by atoms with van der Waals surface area (Å²) in [6, 6.07) is 4.02. The van der Waals surface area contributed by atoms with Crippen molar-refractivity contribution in [2.24, 2.45) is 11.1 Å². The minimum atomic E-state index is -3.79. The number of sulfonamides is 1. The van der Waals surface area contributed by atoms with Gasteiger partial charge in [-0.1, -0.05) is 37.3 Å². The van der Waals surface area contributed by atoms with Crippen molar-refractivity contribution in [3.8, 4) is 0 Å². The van der Waals surface area contributed by atoms with E-state index in [-0.39, 0.29) is 15.8 Å². The zero-order valence-electron chi connectivity index (χ0n) is 11.6. The summed E-state index contributed by atoms with van der Waals surface area (Å²) in [4.78, 5) is 11.8. The number of nitrogens with two attached hydrogens (primary N) is 1. The fourth-order valence-electron chi connectivity index (χ4n) is 2.62. The van der Waals surface area contributed by atoms with Crippen LogP contribution < -0.4 is 10.5 Å². The van der Waals surface area contributed by atoms with Gasteiger partial charge in [0.1, 0.15) is 0 Å². The highest BCUT2D eigenvalue weighted by atomic mass is 35.5. The lowest BCUT2D eigenvalue weighted by molar-refractivity contribution is -0.116. The van der Waals surface area contributed by atoms with E-state index in [4.69, 9.17) is 16.7 Å². The van der Waals surface area contributed by atoms with E-state index in [0.29, 0.717) is 18.0 Å². The van der Waals surface area contributed by atoms with Crippen LogP contribution in [0.1, 0.15) is 38.5 Å². The molecule has 1 fully saturated rings. The van der Waals surface area contributed by atoms with Crippen molar-refractivity contribution >= 4 is 33.2 Å². The van der Waals surface area contributed by atoms with Crippen molar-refractivity contribution in [2.45, 2.75) is 43.4 Å². The van der Waals surface area contributed by atoms with Gasteiger partial charge in [-0.15, -0.1) is 0 Å². The molecule has 0 radical (unpaired) electrons. The summed E-state index contributed by atoms with van der Waals surface area (Å²) in [7, 11) is -3.79. The Kier molecular flexibility index (Phi) is 5.24. The molecule has 1 aliphatic rings. The molecule has 21 heavy (non-hydrogen) atoms. The lowest BCUT2D eigenvalue weighted by atomic mass is 10.0. The lowest BCUT2D eigenvalue weighted by Gasteiger charge is -2.10. The quantitative estimate of drug-likeness (QED) is 0.869. The van der Waals surface area contributed by atoms with Gasteiger partial charge in [-0.25, -0.2) is 13.6 Å². The van der Waals surface area contributed by atoms with Crippen molar-refractivity contribution in [1.82, 2.24) is 0 Å². The maximum atomic E-state index is 11.9. The fraction of sp³-hybridized carbons (Fsp3) is 0.500. The SMILES string of the molecule is NS(=O)(=O)c1ccc(NC(=O)CCC2CCCC2)c(Cl)c1. The normalized spacial score (nSPS) is 16.1. The van der Waals surface area contributed by atoms with E-state index in [2.05, 4.69) is 5.32 Å². The van der Waals surface area contributed by atoms with Crippen LogP contribution in [-0.4, -0.2) is 14.3 Å². The Balaban J connectivity index is 1.94. The molecule has 1 amide bonds. The Labute approximate surface area is 129 Å². The molecule has 0 atom stereocenters. The minimum Gasteiger partial charge on any atom is -0.325 e. The lowest BCUT2D eigenvalue weighted by Crippen LogP contribution is -2.14. The zero-order chi connectivity index (χ0) is 15.5. The van der Waals surface area contributed by atoms with Crippen molar-refractivity contribution in [2.75, 3.05) is 5.32 Å². The highest BCUT2D eigenvalue weighted by Crippen LogP contribution is 2.29. The summed E-state index contributed by atoms with van der Waals surface area (Å²) >= 11 is 5.97. The summed E-state index contributed by atoms with van der Waals surface area (Å²) in [6.45, 7) is 0. The molecule has 0 spiro atoms. The smallest absolute Gasteiger partial charge is 0.238 e. The summed E-state index contributed by atoms with van der Waals surface area (Å²) in [5, 5.41) is 7.89. The molecule has 2 rings (SSSR count). The third-order valence-electron chi connectivity index (χ3n) is 3.80. The van der Waals surface area contributed by atoms with E-state index in [0.717, 1.165) is 6.42 Å². The Morgan fingerprint density at radius 1 is 1.33 bits per heavy atom. The van der Waals surface area contributed by atoms with Crippen LogP contribution in [0.4, 0.5) is 5.69 Å². The van der Waals surface area contributed by atoms with E-state index >= 15 is 0 Å². The number of benzene rings is 1. The van der Waals surface area contributed by atoms with Gasteiger partial charge in [0.25, 0.3) is 0 Å². The molecule has 1 aromatic rings. The summed E-state index contributed by atoms with van der Waals surface area (Å²) < 4.78 is 22.4. The molecule has 7 heteroatoms. The van der Waals surface area contributed by atoms with Crippen molar-refractivity contribution in [3.05, 3.63) is 23.2 Å². The number of nitrogens with one attached hydrogen (secondary N) is 1. The Morgan fingerprint density at radius 2 is 2.00 bits per heavy atom. The van der Waals surface area contributed by atoms with Gasteiger partial charge in [0, 0.05) is 6.42 Å². The number of amides is 1. The van der Waals surface area contributed by atoms with Crippen LogP contribution in [0.25, 0.3) is 0 Å². The van der Waals surface area contributed by atoms with Gasteiger partial charge in [0.2, 0.25) is 15.9 Å². The van der Waals surface area contributed by atoms with Gasteiger partial charge in [0.15, 0.2) is 0 Å². The number of carbonyl (C=O) groups excluding carboxylic acids is 1. The number of halogens is 1. The predicted octanol–water partition coefficient (Wildman–Crippen LogP) is 2.90. The first-order valence-electron chi connectivity index (χ1n) is 6.98. The molecule has 1 aromatic carbocycles. The van der Waals surface area contributed by atoms with Crippen LogP contribution in [0.5, 0.6) is 0 Å². The number of hydrogen-bond donors (Lipinski definition) is 2. The predicted molar refractivity (Wildman–Crippen MR) is 82.6 cm³/mol. The molecule has 0 aliphatic heterocycles. The highest BCUT2D eigenvalue weighted by molar-refractivity contribution is 7.89. The van der Waals surface area contributed by atoms with Crippen molar-refractivity contribution < 1.29 is 13.2 Å². The highest BCUT2D eigenvalue weighted by Gasteiger charge is 2.17. The molecule has 0 bridgehead atoms. The molecule has 1 aliphatic carbocycles. The Hall–Kier alpha value is -1.11. The molecular weight excluding hydrogens is 312 g/mol. The van der Waals surface area contributed by atoms with Gasteiger partial charge < -0.3 is 5.32 Å². The van der Waals surface area contributed by atoms with E-state index in [9.17, 15) is 13.2 Å². The Bertz CT molecular complexity index is 625. The zero-order valence-corrected chi connectivity index (χ0v) is 13.2. The third kappa shape index (κ3) is 4.69. The number of anilines is 1. The van der Waals surface area contributed by atoms with Gasteiger partial charge >= 0.3 is 0 Å².